The second-order valence-corrected chi connectivity index (χ2v) is 2.65. The maximum absolute atomic E-state index is 8.53. The molecule has 2 rings (SSSR count). The molecular formula is C8H7N5. The number of aromatic nitrogens is 4. The molecule has 0 saturated heterocycles. The van der Waals surface area contributed by atoms with Crippen LogP contribution in [0.15, 0.2) is 12.5 Å². The van der Waals surface area contributed by atoms with Gasteiger partial charge in [0, 0.05) is 7.05 Å². The topological polar surface area (TPSA) is 67.4 Å². The van der Waals surface area contributed by atoms with E-state index in [2.05, 4.69) is 21.0 Å². The van der Waals surface area contributed by atoms with Crippen LogP contribution in [-0.2, 0) is 13.5 Å². The number of nitrogens with zero attached hydrogens (tertiary/aromatic N) is 5. The average molecular weight is 173 g/mol. The normalized spacial score (nSPS) is 10.2. The lowest BCUT2D eigenvalue weighted by molar-refractivity contribution is 0.856. The first kappa shape index (κ1) is 7.68. The molecule has 5 heteroatoms. The summed E-state index contributed by atoms with van der Waals surface area (Å²) in [5, 5.41) is 8.53. The molecule has 0 bridgehead atoms. The molecule has 2 aromatic heterocycles. The third-order valence-electron chi connectivity index (χ3n) is 1.89. The van der Waals surface area contributed by atoms with Crippen molar-refractivity contribution in [3.05, 3.63) is 18.3 Å². The SMILES string of the molecule is Cn1c(CC#N)nc2ncncc21. The molecule has 0 atom stereocenters. The van der Waals surface area contributed by atoms with Crippen LogP contribution < -0.4 is 0 Å². The van der Waals surface area contributed by atoms with Crippen molar-refractivity contribution >= 4 is 11.2 Å². The fourth-order valence-electron chi connectivity index (χ4n) is 1.20. The van der Waals surface area contributed by atoms with Crippen molar-refractivity contribution in [3.8, 4) is 6.07 Å². The lowest BCUT2D eigenvalue weighted by Crippen LogP contribution is -1.95. The Morgan fingerprint density at radius 2 is 2.46 bits per heavy atom. The lowest BCUT2D eigenvalue weighted by Gasteiger charge is -1.94. The van der Waals surface area contributed by atoms with E-state index >= 15 is 0 Å². The molecule has 0 fully saturated rings. The van der Waals surface area contributed by atoms with Crippen LogP contribution in [0.2, 0.25) is 0 Å². The van der Waals surface area contributed by atoms with Crippen LogP contribution in [0.4, 0.5) is 0 Å². The van der Waals surface area contributed by atoms with Gasteiger partial charge in [0.15, 0.2) is 5.65 Å². The van der Waals surface area contributed by atoms with E-state index in [1.54, 1.807) is 6.20 Å². The Morgan fingerprint density at radius 1 is 1.62 bits per heavy atom. The van der Waals surface area contributed by atoms with Crippen LogP contribution in [0, 0.1) is 11.3 Å². The highest BCUT2D eigenvalue weighted by Gasteiger charge is 2.06. The van der Waals surface area contributed by atoms with Gasteiger partial charge in [0.05, 0.1) is 18.7 Å². The fourth-order valence-corrected chi connectivity index (χ4v) is 1.20. The summed E-state index contributed by atoms with van der Waals surface area (Å²) in [6, 6.07) is 2.05. The monoisotopic (exact) mass is 173 g/mol. The number of nitriles is 1. The van der Waals surface area contributed by atoms with Crippen molar-refractivity contribution in [2.24, 2.45) is 7.05 Å². The summed E-state index contributed by atoms with van der Waals surface area (Å²) in [5.41, 5.74) is 1.50. The second kappa shape index (κ2) is 2.83. The van der Waals surface area contributed by atoms with Crippen molar-refractivity contribution in [2.75, 3.05) is 0 Å². The summed E-state index contributed by atoms with van der Waals surface area (Å²) >= 11 is 0. The quantitative estimate of drug-likeness (QED) is 0.627. The summed E-state index contributed by atoms with van der Waals surface area (Å²) in [4.78, 5) is 12.1. The molecule has 13 heavy (non-hydrogen) atoms. The van der Waals surface area contributed by atoms with Gasteiger partial charge in [0.2, 0.25) is 0 Å². The molecule has 0 spiro atoms. The van der Waals surface area contributed by atoms with Crippen LogP contribution in [0.3, 0.4) is 0 Å². The Morgan fingerprint density at radius 3 is 3.15 bits per heavy atom. The third-order valence-corrected chi connectivity index (χ3v) is 1.89. The average Bonchev–Trinajstić information content (AvgIpc) is 2.46. The largest absolute Gasteiger partial charge is 0.328 e. The molecular weight excluding hydrogens is 166 g/mol. The van der Waals surface area contributed by atoms with Gasteiger partial charge in [-0.2, -0.15) is 5.26 Å². The van der Waals surface area contributed by atoms with E-state index in [4.69, 9.17) is 5.26 Å². The summed E-state index contributed by atoms with van der Waals surface area (Å²) in [5.74, 6) is 0.720. The number of rotatable bonds is 1. The molecule has 0 aromatic carbocycles. The first-order valence-electron chi connectivity index (χ1n) is 3.81. The van der Waals surface area contributed by atoms with Crippen molar-refractivity contribution in [3.63, 3.8) is 0 Å². The number of hydrogen-bond acceptors (Lipinski definition) is 4. The first-order valence-corrected chi connectivity index (χ1v) is 3.81. The molecule has 0 aliphatic rings. The highest BCUT2D eigenvalue weighted by atomic mass is 15.1. The Hall–Kier alpha value is -1.96. The number of aryl methyl sites for hydroxylation is 1. The third kappa shape index (κ3) is 1.12. The van der Waals surface area contributed by atoms with Gasteiger partial charge in [-0.15, -0.1) is 0 Å². The Kier molecular flexibility index (Phi) is 1.67. The van der Waals surface area contributed by atoms with E-state index in [9.17, 15) is 0 Å². The molecule has 2 aromatic rings. The van der Waals surface area contributed by atoms with Crippen LogP contribution in [0.1, 0.15) is 5.82 Å². The lowest BCUT2D eigenvalue weighted by atomic mass is 10.4. The van der Waals surface area contributed by atoms with Crippen molar-refractivity contribution in [1.82, 2.24) is 19.5 Å². The van der Waals surface area contributed by atoms with Crippen LogP contribution in [0.5, 0.6) is 0 Å². The zero-order valence-corrected chi connectivity index (χ0v) is 7.10. The summed E-state index contributed by atoms with van der Waals surface area (Å²) < 4.78 is 1.83. The van der Waals surface area contributed by atoms with Gasteiger partial charge in [-0.25, -0.2) is 15.0 Å². The highest BCUT2D eigenvalue weighted by molar-refractivity contribution is 5.69. The first-order chi connectivity index (χ1) is 6.33. The van der Waals surface area contributed by atoms with Crippen LogP contribution in [-0.4, -0.2) is 19.5 Å². The standard InChI is InChI=1S/C8H7N5/c1-13-6-4-10-5-11-8(6)12-7(13)2-3-9/h4-5H,2H2,1H3. The van der Waals surface area contributed by atoms with E-state index in [0.29, 0.717) is 12.1 Å². The molecule has 0 amide bonds. The summed E-state index contributed by atoms with van der Waals surface area (Å²) in [7, 11) is 1.85. The minimum absolute atomic E-state index is 0.298. The minimum Gasteiger partial charge on any atom is -0.328 e. The maximum atomic E-state index is 8.53. The zero-order valence-electron chi connectivity index (χ0n) is 7.10. The smallest absolute Gasteiger partial charge is 0.181 e. The molecule has 0 aliphatic heterocycles. The van der Waals surface area contributed by atoms with Gasteiger partial charge < -0.3 is 4.57 Å². The van der Waals surface area contributed by atoms with Crippen molar-refractivity contribution in [1.29, 1.82) is 5.26 Å². The van der Waals surface area contributed by atoms with Crippen molar-refractivity contribution in [2.45, 2.75) is 6.42 Å². The minimum atomic E-state index is 0.298. The molecule has 64 valence electrons. The molecule has 0 N–H and O–H groups in total. The van der Waals surface area contributed by atoms with Gasteiger partial charge in [-0.1, -0.05) is 0 Å². The van der Waals surface area contributed by atoms with Crippen LogP contribution in [0.25, 0.3) is 11.2 Å². The van der Waals surface area contributed by atoms with Crippen molar-refractivity contribution < 1.29 is 0 Å². The predicted octanol–water partition coefficient (Wildman–Crippen LogP) is 0.429. The molecule has 0 radical (unpaired) electrons. The molecule has 0 aliphatic carbocycles. The van der Waals surface area contributed by atoms with Gasteiger partial charge in [0.1, 0.15) is 17.7 Å². The van der Waals surface area contributed by atoms with Gasteiger partial charge in [-0.3, -0.25) is 0 Å². The molecule has 0 unspecified atom stereocenters. The number of hydrogen-bond donors (Lipinski definition) is 0. The van der Waals surface area contributed by atoms with E-state index in [1.807, 2.05) is 11.6 Å². The predicted molar refractivity (Wildman–Crippen MR) is 45.6 cm³/mol. The number of fused-ring (bicyclic) bond motifs is 1. The summed E-state index contributed by atoms with van der Waals surface area (Å²) in [6.07, 6.45) is 3.44. The summed E-state index contributed by atoms with van der Waals surface area (Å²) in [6.45, 7) is 0. The van der Waals surface area contributed by atoms with Gasteiger partial charge >= 0.3 is 0 Å². The molecule has 0 saturated carbocycles. The number of imidazole rings is 1. The second-order valence-electron chi connectivity index (χ2n) is 2.65. The molecule has 5 nitrogen and oxygen atoms in total. The van der Waals surface area contributed by atoms with E-state index < -0.39 is 0 Å². The van der Waals surface area contributed by atoms with E-state index in [1.165, 1.54) is 6.33 Å². The van der Waals surface area contributed by atoms with Gasteiger partial charge in [0.25, 0.3) is 0 Å². The fraction of sp³-hybridized carbons (Fsp3) is 0.250. The Balaban J connectivity index is 2.68. The highest BCUT2D eigenvalue weighted by Crippen LogP contribution is 2.10. The Bertz CT molecular complexity index is 479. The maximum Gasteiger partial charge on any atom is 0.181 e. The Labute approximate surface area is 74.7 Å². The molecule has 2 heterocycles. The van der Waals surface area contributed by atoms with E-state index in [-0.39, 0.29) is 0 Å². The zero-order chi connectivity index (χ0) is 9.26. The van der Waals surface area contributed by atoms with Gasteiger partial charge in [-0.05, 0) is 0 Å². The van der Waals surface area contributed by atoms with E-state index in [0.717, 1.165) is 11.3 Å². The van der Waals surface area contributed by atoms with Crippen LogP contribution >= 0.6 is 0 Å².